The molecule has 0 radical (unpaired) electrons. The van der Waals surface area contributed by atoms with Crippen LogP contribution < -0.4 is 16.0 Å². The van der Waals surface area contributed by atoms with Crippen molar-refractivity contribution >= 4 is 34.8 Å². The fourth-order valence-electron chi connectivity index (χ4n) is 2.03. The molecule has 0 fully saturated rings. The van der Waals surface area contributed by atoms with Gasteiger partial charge in [-0.1, -0.05) is 31.9 Å². The molecule has 0 aromatic heterocycles. The van der Waals surface area contributed by atoms with Gasteiger partial charge in [-0.2, -0.15) is 0 Å². The van der Waals surface area contributed by atoms with E-state index in [0.29, 0.717) is 30.8 Å². The highest BCUT2D eigenvalue weighted by molar-refractivity contribution is 7.80. The van der Waals surface area contributed by atoms with E-state index in [1.165, 1.54) is 0 Å². The van der Waals surface area contributed by atoms with Crippen molar-refractivity contribution < 1.29 is 14.3 Å². The van der Waals surface area contributed by atoms with Crippen LogP contribution in [0.1, 0.15) is 43.0 Å². The lowest BCUT2D eigenvalue weighted by molar-refractivity contribution is -0.119. The number of benzene rings is 1. The van der Waals surface area contributed by atoms with Crippen molar-refractivity contribution in [1.29, 1.82) is 0 Å². The Morgan fingerprint density at radius 3 is 2.67 bits per heavy atom. The van der Waals surface area contributed by atoms with Gasteiger partial charge in [-0.25, -0.2) is 0 Å². The zero-order valence-corrected chi connectivity index (χ0v) is 15.0. The van der Waals surface area contributed by atoms with Gasteiger partial charge in [0.2, 0.25) is 5.91 Å². The summed E-state index contributed by atoms with van der Waals surface area (Å²) in [6.45, 7) is 2.94. The molecule has 0 saturated carbocycles. The maximum atomic E-state index is 12.2. The van der Waals surface area contributed by atoms with Crippen molar-refractivity contribution in [3.05, 3.63) is 29.8 Å². The molecule has 6 nitrogen and oxygen atoms in total. The molecular formula is C17H25N3O3S. The number of anilines is 1. The van der Waals surface area contributed by atoms with E-state index >= 15 is 0 Å². The van der Waals surface area contributed by atoms with E-state index in [-0.39, 0.29) is 16.9 Å². The highest BCUT2D eigenvalue weighted by Gasteiger charge is 2.12. The Hall–Kier alpha value is -1.99. The van der Waals surface area contributed by atoms with E-state index in [0.717, 1.165) is 19.3 Å². The topological polar surface area (TPSA) is 79.5 Å². The number of carbonyl (C=O) groups is 2. The standard InChI is InChI=1S/C17H25N3O3S/c1-3-4-5-10-15(21)20-17(24)19-14-9-7-6-8-13(14)16(22)18-11-12-23-2/h6-9H,3-5,10-12H2,1-2H3,(H,18,22)(H2,19,20,21,24). The number of rotatable bonds is 9. The first-order valence-electron chi connectivity index (χ1n) is 8.05. The predicted octanol–water partition coefficient (Wildman–Crippen LogP) is 2.46. The number of thiocarbonyl (C=S) groups is 1. The quantitative estimate of drug-likeness (QED) is 0.470. The van der Waals surface area contributed by atoms with Crippen LogP contribution in [0.25, 0.3) is 0 Å². The molecular weight excluding hydrogens is 326 g/mol. The molecule has 2 amide bonds. The fourth-order valence-corrected chi connectivity index (χ4v) is 2.25. The third kappa shape index (κ3) is 7.52. The maximum Gasteiger partial charge on any atom is 0.253 e. The first kappa shape index (κ1) is 20.1. The van der Waals surface area contributed by atoms with Gasteiger partial charge in [0, 0.05) is 20.1 Å². The second-order valence-electron chi connectivity index (χ2n) is 5.25. The number of amides is 2. The normalized spacial score (nSPS) is 10.1. The van der Waals surface area contributed by atoms with E-state index in [4.69, 9.17) is 17.0 Å². The minimum absolute atomic E-state index is 0.122. The summed E-state index contributed by atoms with van der Waals surface area (Å²) in [7, 11) is 1.57. The number of hydrogen-bond acceptors (Lipinski definition) is 4. The smallest absolute Gasteiger partial charge is 0.253 e. The molecule has 24 heavy (non-hydrogen) atoms. The van der Waals surface area contributed by atoms with Crippen molar-refractivity contribution in [3.8, 4) is 0 Å². The van der Waals surface area contributed by atoms with Gasteiger partial charge in [-0.15, -0.1) is 0 Å². The molecule has 0 bridgehead atoms. The minimum Gasteiger partial charge on any atom is -0.383 e. The van der Waals surface area contributed by atoms with E-state index < -0.39 is 0 Å². The summed E-state index contributed by atoms with van der Waals surface area (Å²) in [5.74, 6) is -0.352. The number of ether oxygens (including phenoxy) is 1. The zero-order chi connectivity index (χ0) is 17.8. The van der Waals surface area contributed by atoms with E-state index in [2.05, 4.69) is 22.9 Å². The van der Waals surface area contributed by atoms with Gasteiger partial charge >= 0.3 is 0 Å². The third-order valence-electron chi connectivity index (χ3n) is 3.27. The lowest BCUT2D eigenvalue weighted by atomic mass is 10.1. The maximum absolute atomic E-state index is 12.2. The van der Waals surface area contributed by atoms with Crippen molar-refractivity contribution in [2.75, 3.05) is 25.6 Å². The molecule has 1 aromatic rings. The van der Waals surface area contributed by atoms with Crippen LogP contribution in [-0.2, 0) is 9.53 Å². The Kier molecular flexibility index (Phi) is 9.64. The first-order chi connectivity index (χ1) is 11.6. The number of carbonyl (C=O) groups excluding carboxylic acids is 2. The third-order valence-corrected chi connectivity index (χ3v) is 3.48. The van der Waals surface area contributed by atoms with Crippen molar-refractivity contribution in [3.63, 3.8) is 0 Å². The summed E-state index contributed by atoms with van der Waals surface area (Å²) in [6, 6.07) is 6.99. The van der Waals surface area contributed by atoms with Crippen LogP contribution in [-0.4, -0.2) is 37.2 Å². The van der Waals surface area contributed by atoms with Crippen LogP contribution in [0.4, 0.5) is 5.69 Å². The van der Waals surface area contributed by atoms with Gasteiger partial charge in [-0.3, -0.25) is 9.59 Å². The van der Waals surface area contributed by atoms with Crippen molar-refractivity contribution in [1.82, 2.24) is 10.6 Å². The SMILES string of the molecule is CCCCCC(=O)NC(=S)Nc1ccccc1C(=O)NCCOC. The van der Waals surface area contributed by atoms with E-state index in [1.807, 2.05) is 0 Å². The lowest BCUT2D eigenvalue weighted by Crippen LogP contribution is -2.35. The van der Waals surface area contributed by atoms with Gasteiger partial charge in [0.25, 0.3) is 5.91 Å². The number of hydrogen-bond donors (Lipinski definition) is 3. The molecule has 7 heteroatoms. The van der Waals surface area contributed by atoms with Crippen LogP contribution >= 0.6 is 12.2 Å². The predicted molar refractivity (Wildman–Crippen MR) is 99.2 cm³/mol. The Labute approximate surface area is 148 Å². The molecule has 1 rings (SSSR count). The molecule has 0 saturated heterocycles. The molecule has 132 valence electrons. The minimum atomic E-state index is -0.229. The monoisotopic (exact) mass is 351 g/mol. The van der Waals surface area contributed by atoms with E-state index in [9.17, 15) is 9.59 Å². The van der Waals surface area contributed by atoms with Crippen LogP contribution in [0.15, 0.2) is 24.3 Å². The average Bonchev–Trinajstić information content (AvgIpc) is 2.55. The van der Waals surface area contributed by atoms with Gasteiger partial charge in [0.1, 0.15) is 0 Å². The van der Waals surface area contributed by atoms with Gasteiger partial charge in [-0.05, 0) is 30.8 Å². The van der Waals surface area contributed by atoms with Gasteiger partial charge in [0.05, 0.1) is 17.9 Å². The van der Waals surface area contributed by atoms with E-state index in [1.54, 1.807) is 31.4 Å². The number of methoxy groups -OCH3 is 1. The largest absolute Gasteiger partial charge is 0.383 e. The van der Waals surface area contributed by atoms with Gasteiger partial charge in [0.15, 0.2) is 5.11 Å². The summed E-state index contributed by atoms with van der Waals surface area (Å²) in [5.41, 5.74) is 1.00. The van der Waals surface area contributed by atoms with Crippen molar-refractivity contribution in [2.24, 2.45) is 0 Å². The Morgan fingerprint density at radius 1 is 1.21 bits per heavy atom. The summed E-state index contributed by atoms with van der Waals surface area (Å²) in [4.78, 5) is 24.0. The summed E-state index contributed by atoms with van der Waals surface area (Å²) < 4.78 is 4.91. The average molecular weight is 351 g/mol. The molecule has 0 aliphatic rings. The summed E-state index contributed by atoms with van der Waals surface area (Å²) >= 11 is 5.15. The first-order valence-corrected chi connectivity index (χ1v) is 8.46. The Morgan fingerprint density at radius 2 is 1.96 bits per heavy atom. The molecule has 1 aromatic carbocycles. The molecule has 0 atom stereocenters. The molecule has 0 aliphatic carbocycles. The summed E-state index contributed by atoms with van der Waals surface area (Å²) in [6.07, 6.45) is 3.35. The second-order valence-corrected chi connectivity index (χ2v) is 5.66. The fraction of sp³-hybridized carbons (Fsp3) is 0.471. The van der Waals surface area contributed by atoms with Gasteiger partial charge < -0.3 is 20.7 Å². The molecule has 3 N–H and O–H groups in total. The van der Waals surface area contributed by atoms with Crippen LogP contribution in [0.2, 0.25) is 0 Å². The Balaban J connectivity index is 2.59. The number of para-hydroxylation sites is 1. The second kappa shape index (κ2) is 11.5. The molecule has 0 unspecified atom stereocenters. The van der Waals surface area contributed by atoms with Crippen molar-refractivity contribution in [2.45, 2.75) is 32.6 Å². The number of nitrogens with one attached hydrogen (secondary N) is 3. The molecule has 0 heterocycles. The lowest BCUT2D eigenvalue weighted by Gasteiger charge is -2.13. The zero-order valence-electron chi connectivity index (χ0n) is 14.2. The summed E-state index contributed by atoms with van der Waals surface area (Å²) in [5, 5.41) is 8.49. The molecule has 0 spiro atoms. The highest BCUT2D eigenvalue weighted by Crippen LogP contribution is 2.14. The van der Waals surface area contributed by atoms with Crippen LogP contribution in [0.5, 0.6) is 0 Å². The molecule has 0 aliphatic heterocycles. The highest BCUT2D eigenvalue weighted by atomic mass is 32.1. The Bertz CT molecular complexity index is 564. The van der Waals surface area contributed by atoms with Crippen LogP contribution in [0, 0.1) is 0 Å². The van der Waals surface area contributed by atoms with Crippen LogP contribution in [0.3, 0.4) is 0 Å². The number of unbranched alkanes of at least 4 members (excludes halogenated alkanes) is 2.